The van der Waals surface area contributed by atoms with Crippen molar-refractivity contribution in [2.45, 2.75) is 10.1 Å². The number of hydrogen-bond acceptors (Lipinski definition) is 3. The Labute approximate surface area is 89.7 Å². The van der Waals surface area contributed by atoms with Gasteiger partial charge in [0.05, 0.1) is 4.90 Å². The molecule has 15 heavy (non-hydrogen) atoms. The summed E-state index contributed by atoms with van der Waals surface area (Å²) >= 11 is 1.18. The van der Waals surface area contributed by atoms with Crippen LogP contribution in [0.15, 0.2) is 40.6 Å². The predicted molar refractivity (Wildman–Crippen MR) is 54.5 cm³/mol. The van der Waals surface area contributed by atoms with E-state index >= 15 is 0 Å². The van der Waals surface area contributed by atoms with E-state index in [1.165, 1.54) is 17.8 Å². The summed E-state index contributed by atoms with van der Waals surface area (Å²) in [7, 11) is 0. The van der Waals surface area contributed by atoms with Crippen LogP contribution in [0.25, 0.3) is 0 Å². The second kappa shape index (κ2) is 4.27. The molecule has 1 N–H and O–H groups in total. The molecule has 0 fully saturated rings. The fourth-order valence-electron chi connectivity index (χ4n) is 1.08. The number of rotatable bonds is 3. The summed E-state index contributed by atoms with van der Waals surface area (Å²) < 4.78 is 13.4. The molecule has 76 valence electrons. The fourth-order valence-corrected chi connectivity index (χ4v) is 1.83. The van der Waals surface area contributed by atoms with Crippen LogP contribution in [0, 0.1) is 5.82 Å². The summed E-state index contributed by atoms with van der Waals surface area (Å²) in [5.74, 6) is -0.416. The van der Waals surface area contributed by atoms with Gasteiger partial charge in [-0.25, -0.2) is 9.37 Å². The number of nitrogens with zero attached hydrogens (tertiary/aromatic N) is 1. The van der Waals surface area contributed by atoms with Gasteiger partial charge in [-0.2, -0.15) is 0 Å². The topological polar surface area (TPSA) is 45.8 Å². The molecule has 0 unspecified atom stereocenters. The molecule has 0 atom stereocenters. The van der Waals surface area contributed by atoms with Crippen LogP contribution in [0.3, 0.4) is 0 Å². The van der Waals surface area contributed by atoms with Crippen LogP contribution in [0.1, 0.15) is 10.4 Å². The average molecular weight is 222 g/mol. The van der Waals surface area contributed by atoms with Crippen LogP contribution in [0.2, 0.25) is 0 Å². The number of carbonyl (C=O) groups is 1. The van der Waals surface area contributed by atoms with E-state index in [-0.39, 0.29) is 0 Å². The Kier molecular flexibility index (Phi) is 2.82. The number of aldehydes is 1. The lowest BCUT2D eigenvalue weighted by atomic mass is 10.2. The van der Waals surface area contributed by atoms with Crippen LogP contribution >= 0.6 is 11.8 Å². The highest BCUT2D eigenvalue weighted by Gasteiger charge is 2.06. The van der Waals surface area contributed by atoms with Crippen LogP contribution < -0.4 is 0 Å². The summed E-state index contributed by atoms with van der Waals surface area (Å²) in [6.07, 6.45) is 3.88. The number of benzene rings is 1. The van der Waals surface area contributed by atoms with Crippen molar-refractivity contribution in [3.8, 4) is 0 Å². The van der Waals surface area contributed by atoms with E-state index in [9.17, 15) is 9.18 Å². The standard InChI is InChI=1S/C10H7FN2OS/c11-8-5-7(6-14)1-2-9(8)15-10-12-3-4-13-10/h1-6H,(H,12,13). The Morgan fingerprint density at radius 3 is 2.93 bits per heavy atom. The quantitative estimate of drug-likeness (QED) is 0.811. The Bertz CT molecular complexity index is 470. The second-order valence-corrected chi connectivity index (χ2v) is 3.83. The zero-order chi connectivity index (χ0) is 10.7. The van der Waals surface area contributed by atoms with Crippen molar-refractivity contribution in [3.05, 3.63) is 42.0 Å². The van der Waals surface area contributed by atoms with E-state index in [1.807, 2.05) is 0 Å². The first kappa shape index (κ1) is 9.92. The first-order chi connectivity index (χ1) is 7.29. The zero-order valence-corrected chi connectivity index (χ0v) is 8.42. The van der Waals surface area contributed by atoms with Gasteiger partial charge in [0.1, 0.15) is 12.1 Å². The van der Waals surface area contributed by atoms with Crippen LogP contribution in [-0.4, -0.2) is 16.3 Å². The highest BCUT2D eigenvalue weighted by atomic mass is 32.2. The molecule has 5 heteroatoms. The van der Waals surface area contributed by atoms with Gasteiger partial charge in [-0.1, -0.05) is 6.07 Å². The third-order valence-electron chi connectivity index (χ3n) is 1.77. The summed E-state index contributed by atoms with van der Waals surface area (Å²) in [5.41, 5.74) is 0.330. The van der Waals surface area contributed by atoms with Gasteiger partial charge in [0, 0.05) is 18.0 Å². The van der Waals surface area contributed by atoms with Crippen molar-refractivity contribution in [1.29, 1.82) is 0 Å². The van der Waals surface area contributed by atoms with Crippen LogP contribution in [-0.2, 0) is 0 Å². The Morgan fingerprint density at radius 2 is 2.33 bits per heavy atom. The number of H-pyrrole nitrogens is 1. The lowest BCUT2D eigenvalue weighted by molar-refractivity contribution is 0.112. The molecule has 0 saturated heterocycles. The molecule has 2 aromatic rings. The number of hydrogen-bond donors (Lipinski definition) is 1. The van der Waals surface area contributed by atoms with Crippen molar-refractivity contribution in [1.82, 2.24) is 9.97 Å². The lowest BCUT2D eigenvalue weighted by Crippen LogP contribution is -1.86. The number of nitrogens with one attached hydrogen (secondary N) is 1. The molecule has 0 radical (unpaired) electrons. The third-order valence-corrected chi connectivity index (χ3v) is 2.74. The van der Waals surface area contributed by atoms with Crippen LogP contribution in [0.5, 0.6) is 0 Å². The third kappa shape index (κ3) is 2.24. The Balaban J connectivity index is 2.26. The minimum absolute atomic E-state index is 0.330. The molecular weight excluding hydrogens is 215 g/mol. The van der Waals surface area contributed by atoms with Gasteiger partial charge in [-0.15, -0.1) is 0 Å². The average Bonchev–Trinajstić information content (AvgIpc) is 2.74. The maximum atomic E-state index is 13.4. The normalized spacial score (nSPS) is 10.2. The maximum absolute atomic E-state index is 13.4. The number of halogens is 1. The fraction of sp³-hybridized carbons (Fsp3) is 0. The molecule has 1 aromatic carbocycles. The molecule has 0 bridgehead atoms. The summed E-state index contributed by atoms with van der Waals surface area (Å²) in [6, 6.07) is 4.34. The molecule has 0 spiro atoms. The number of imidazole rings is 1. The van der Waals surface area contributed by atoms with Gasteiger partial charge in [0.2, 0.25) is 0 Å². The minimum atomic E-state index is -0.416. The number of aromatic nitrogens is 2. The van der Waals surface area contributed by atoms with Crippen molar-refractivity contribution in [2.75, 3.05) is 0 Å². The van der Waals surface area contributed by atoms with Gasteiger partial charge < -0.3 is 4.98 Å². The summed E-state index contributed by atoms with van der Waals surface area (Å²) in [5, 5.41) is 0.618. The molecule has 0 aliphatic heterocycles. The number of aromatic amines is 1. The Hall–Kier alpha value is -1.62. The first-order valence-corrected chi connectivity index (χ1v) is 5.03. The minimum Gasteiger partial charge on any atom is -0.339 e. The molecule has 0 saturated carbocycles. The zero-order valence-electron chi connectivity index (χ0n) is 7.61. The molecular formula is C10H7FN2OS. The van der Waals surface area contributed by atoms with E-state index in [0.29, 0.717) is 21.9 Å². The van der Waals surface area contributed by atoms with Gasteiger partial charge in [0.15, 0.2) is 5.16 Å². The van der Waals surface area contributed by atoms with E-state index in [2.05, 4.69) is 9.97 Å². The van der Waals surface area contributed by atoms with E-state index in [4.69, 9.17) is 0 Å². The van der Waals surface area contributed by atoms with Crippen molar-refractivity contribution >= 4 is 18.0 Å². The smallest absolute Gasteiger partial charge is 0.170 e. The van der Waals surface area contributed by atoms with Crippen molar-refractivity contribution in [2.24, 2.45) is 0 Å². The van der Waals surface area contributed by atoms with E-state index < -0.39 is 5.82 Å². The molecule has 1 heterocycles. The predicted octanol–water partition coefficient (Wildman–Crippen LogP) is 2.51. The molecule has 1 aromatic heterocycles. The van der Waals surface area contributed by atoms with Gasteiger partial charge >= 0.3 is 0 Å². The largest absolute Gasteiger partial charge is 0.339 e. The monoisotopic (exact) mass is 222 g/mol. The SMILES string of the molecule is O=Cc1ccc(Sc2ncc[nH]2)c(F)c1. The highest BCUT2D eigenvalue weighted by molar-refractivity contribution is 7.99. The Morgan fingerprint density at radius 1 is 1.47 bits per heavy atom. The van der Waals surface area contributed by atoms with E-state index in [0.717, 1.165) is 0 Å². The van der Waals surface area contributed by atoms with Gasteiger partial charge in [-0.3, -0.25) is 4.79 Å². The van der Waals surface area contributed by atoms with Crippen LogP contribution in [0.4, 0.5) is 4.39 Å². The highest BCUT2D eigenvalue weighted by Crippen LogP contribution is 2.27. The molecule has 3 nitrogen and oxygen atoms in total. The van der Waals surface area contributed by atoms with Gasteiger partial charge in [-0.05, 0) is 23.9 Å². The molecule has 0 aliphatic rings. The second-order valence-electron chi connectivity index (χ2n) is 2.80. The summed E-state index contributed by atoms with van der Waals surface area (Å²) in [6.45, 7) is 0. The molecule has 0 aliphatic carbocycles. The van der Waals surface area contributed by atoms with Crippen molar-refractivity contribution < 1.29 is 9.18 Å². The summed E-state index contributed by atoms with van der Waals surface area (Å²) in [4.78, 5) is 17.7. The van der Waals surface area contributed by atoms with E-state index in [1.54, 1.807) is 24.5 Å². The molecule has 2 rings (SSSR count). The molecule has 0 amide bonds. The first-order valence-electron chi connectivity index (χ1n) is 4.21. The number of carbonyl (C=O) groups excluding carboxylic acids is 1. The van der Waals surface area contributed by atoms with Gasteiger partial charge in [0.25, 0.3) is 0 Å². The lowest BCUT2D eigenvalue weighted by Gasteiger charge is -2.00. The maximum Gasteiger partial charge on any atom is 0.170 e. The van der Waals surface area contributed by atoms with Crippen molar-refractivity contribution in [3.63, 3.8) is 0 Å².